The molecular weight excluding hydrogens is 376 g/mol. The number of benzene rings is 1. The van der Waals surface area contributed by atoms with Crippen LogP contribution in [-0.2, 0) is 12.8 Å². The molecule has 0 aliphatic rings. The van der Waals surface area contributed by atoms with Crippen molar-refractivity contribution in [3.05, 3.63) is 41.2 Å². The second kappa shape index (κ2) is 8.95. The number of carbonyl (C=O) groups excluding carboxylic acids is 1. The predicted molar refractivity (Wildman–Crippen MR) is 105 cm³/mol. The van der Waals surface area contributed by atoms with Crippen molar-refractivity contribution in [3.8, 4) is 11.6 Å². The molecule has 1 aromatic carbocycles. The van der Waals surface area contributed by atoms with Gasteiger partial charge in [0, 0.05) is 12.1 Å². The number of nitrogen functional groups attached to an aromatic ring is 1. The molecule has 0 aliphatic carbocycles. The molecule has 3 aromatic rings. The molecule has 0 fully saturated rings. The van der Waals surface area contributed by atoms with E-state index in [4.69, 9.17) is 10.5 Å². The van der Waals surface area contributed by atoms with Crippen LogP contribution in [0.15, 0.2) is 34.0 Å². The Kier molecular flexibility index (Phi) is 6.17. The first-order valence-electron chi connectivity index (χ1n) is 9.03. The molecule has 0 aliphatic heterocycles. The van der Waals surface area contributed by atoms with Crippen molar-refractivity contribution in [1.82, 2.24) is 30.7 Å². The molecule has 0 saturated heterocycles. The van der Waals surface area contributed by atoms with Gasteiger partial charge in [-0.25, -0.2) is 10.1 Å². The van der Waals surface area contributed by atoms with Crippen molar-refractivity contribution in [2.24, 2.45) is 5.10 Å². The third kappa shape index (κ3) is 4.39. The smallest absolute Gasteiger partial charge is 0.293 e. The van der Waals surface area contributed by atoms with E-state index in [1.807, 2.05) is 38.1 Å². The van der Waals surface area contributed by atoms with E-state index in [2.05, 4.69) is 35.8 Å². The van der Waals surface area contributed by atoms with Gasteiger partial charge in [-0.3, -0.25) is 4.79 Å². The van der Waals surface area contributed by atoms with Gasteiger partial charge in [-0.05, 0) is 35.3 Å². The fourth-order valence-electron chi connectivity index (χ4n) is 2.81. The van der Waals surface area contributed by atoms with E-state index >= 15 is 0 Å². The third-order valence-electron chi connectivity index (χ3n) is 4.15. The fraction of sp³-hybridized carbons (Fsp3) is 0.333. The van der Waals surface area contributed by atoms with Gasteiger partial charge in [-0.2, -0.15) is 9.78 Å². The number of methoxy groups -OCH3 is 1. The number of nitrogens with one attached hydrogen (secondary N) is 1. The van der Waals surface area contributed by atoms with Gasteiger partial charge in [0.15, 0.2) is 5.69 Å². The lowest BCUT2D eigenvalue weighted by Gasteiger charge is -2.08. The van der Waals surface area contributed by atoms with Crippen LogP contribution >= 0.6 is 0 Å². The maximum atomic E-state index is 12.6. The van der Waals surface area contributed by atoms with E-state index in [1.54, 1.807) is 7.11 Å². The van der Waals surface area contributed by atoms with Crippen LogP contribution in [0.3, 0.4) is 0 Å². The summed E-state index contributed by atoms with van der Waals surface area (Å²) in [6.45, 7) is 3.79. The number of nitrogens with two attached hydrogens (primary N) is 1. The summed E-state index contributed by atoms with van der Waals surface area (Å²) >= 11 is 0. The molecule has 0 atom stereocenters. The minimum Gasteiger partial charge on any atom is -0.496 e. The molecule has 11 heteroatoms. The molecule has 0 unspecified atom stereocenters. The SMILES string of the molecule is CCCc1c(C(=O)N/N=C(/C)Cc2ccccc2OC)nnn1-c1nonc1N. The summed E-state index contributed by atoms with van der Waals surface area (Å²) < 4.78 is 11.3. The first kappa shape index (κ1) is 20.0. The van der Waals surface area contributed by atoms with Crippen molar-refractivity contribution in [2.45, 2.75) is 33.1 Å². The van der Waals surface area contributed by atoms with Gasteiger partial charge in [0.05, 0.1) is 12.8 Å². The zero-order chi connectivity index (χ0) is 20.8. The lowest BCUT2D eigenvalue weighted by Crippen LogP contribution is -2.22. The van der Waals surface area contributed by atoms with E-state index in [1.165, 1.54) is 4.68 Å². The van der Waals surface area contributed by atoms with Gasteiger partial charge in [0.25, 0.3) is 5.91 Å². The van der Waals surface area contributed by atoms with E-state index in [0.29, 0.717) is 24.2 Å². The van der Waals surface area contributed by atoms with E-state index in [-0.39, 0.29) is 17.3 Å². The summed E-state index contributed by atoms with van der Waals surface area (Å²) in [5.74, 6) is 0.537. The average Bonchev–Trinajstić information content (AvgIpc) is 3.32. The molecule has 29 heavy (non-hydrogen) atoms. The zero-order valence-electron chi connectivity index (χ0n) is 16.4. The summed E-state index contributed by atoms with van der Waals surface area (Å²) in [6.07, 6.45) is 1.82. The lowest BCUT2D eigenvalue weighted by molar-refractivity contribution is 0.0948. The summed E-state index contributed by atoms with van der Waals surface area (Å²) in [5, 5.41) is 19.4. The van der Waals surface area contributed by atoms with Crippen LogP contribution in [0.4, 0.5) is 5.82 Å². The summed E-state index contributed by atoms with van der Waals surface area (Å²) in [7, 11) is 1.61. The van der Waals surface area contributed by atoms with E-state index in [0.717, 1.165) is 17.7 Å². The molecule has 3 N–H and O–H groups in total. The van der Waals surface area contributed by atoms with Gasteiger partial charge in [-0.1, -0.05) is 36.8 Å². The van der Waals surface area contributed by atoms with Crippen LogP contribution in [0, 0.1) is 0 Å². The Balaban J connectivity index is 1.77. The first-order valence-corrected chi connectivity index (χ1v) is 9.03. The highest BCUT2D eigenvalue weighted by Crippen LogP contribution is 2.19. The van der Waals surface area contributed by atoms with Crippen LogP contribution in [0.5, 0.6) is 5.75 Å². The Morgan fingerprint density at radius 2 is 2.14 bits per heavy atom. The molecule has 1 amide bonds. The van der Waals surface area contributed by atoms with Crippen molar-refractivity contribution >= 4 is 17.4 Å². The van der Waals surface area contributed by atoms with Crippen LogP contribution < -0.4 is 15.9 Å². The Morgan fingerprint density at radius 3 is 2.83 bits per heavy atom. The molecular formula is C18H22N8O3. The molecule has 3 rings (SSSR count). The van der Waals surface area contributed by atoms with Crippen LogP contribution in [0.2, 0.25) is 0 Å². The third-order valence-corrected chi connectivity index (χ3v) is 4.15. The Labute approximate surface area is 166 Å². The molecule has 0 bridgehead atoms. The van der Waals surface area contributed by atoms with Gasteiger partial charge in [0.2, 0.25) is 11.6 Å². The Morgan fingerprint density at radius 1 is 1.34 bits per heavy atom. The highest BCUT2D eigenvalue weighted by molar-refractivity contribution is 5.94. The van der Waals surface area contributed by atoms with E-state index < -0.39 is 5.91 Å². The van der Waals surface area contributed by atoms with Crippen molar-refractivity contribution < 1.29 is 14.2 Å². The lowest BCUT2D eigenvalue weighted by atomic mass is 10.1. The van der Waals surface area contributed by atoms with Gasteiger partial charge in [-0.15, -0.1) is 5.10 Å². The summed E-state index contributed by atoms with van der Waals surface area (Å²) in [6, 6.07) is 7.64. The number of ether oxygens (including phenoxy) is 1. The van der Waals surface area contributed by atoms with Gasteiger partial charge in [0.1, 0.15) is 5.75 Å². The molecule has 2 heterocycles. The monoisotopic (exact) mass is 398 g/mol. The summed E-state index contributed by atoms with van der Waals surface area (Å²) in [4.78, 5) is 12.6. The molecule has 2 aromatic heterocycles. The Bertz CT molecular complexity index is 1020. The number of hydrogen-bond acceptors (Lipinski definition) is 9. The van der Waals surface area contributed by atoms with Crippen molar-refractivity contribution in [3.63, 3.8) is 0 Å². The normalized spacial score (nSPS) is 11.5. The number of anilines is 1. The first-order chi connectivity index (χ1) is 14.0. The number of carbonyl (C=O) groups is 1. The molecule has 0 radical (unpaired) electrons. The maximum Gasteiger partial charge on any atom is 0.293 e. The van der Waals surface area contributed by atoms with Crippen LogP contribution in [-0.4, -0.2) is 44.0 Å². The van der Waals surface area contributed by atoms with Crippen molar-refractivity contribution in [2.75, 3.05) is 12.8 Å². The van der Waals surface area contributed by atoms with Crippen LogP contribution in [0.1, 0.15) is 42.0 Å². The maximum absolute atomic E-state index is 12.6. The van der Waals surface area contributed by atoms with Gasteiger partial charge < -0.3 is 10.5 Å². The number of para-hydroxylation sites is 1. The number of hydrazone groups is 1. The standard InChI is InChI=1S/C18H22N8O3/c1-4-7-13-15(21-25-26(13)17-16(19)23-29-24-17)18(27)22-20-11(2)10-12-8-5-6-9-14(12)28-3/h5-6,8-9H,4,7,10H2,1-3H3,(H2,19,23)(H,22,27)/b20-11-. The van der Waals surface area contributed by atoms with E-state index in [9.17, 15) is 4.79 Å². The summed E-state index contributed by atoms with van der Waals surface area (Å²) in [5.41, 5.74) is 10.6. The second-order valence-electron chi connectivity index (χ2n) is 6.30. The number of nitrogens with zero attached hydrogens (tertiary/aromatic N) is 6. The number of amides is 1. The fourth-order valence-corrected chi connectivity index (χ4v) is 2.81. The largest absolute Gasteiger partial charge is 0.496 e. The number of aromatic nitrogens is 5. The van der Waals surface area contributed by atoms with Crippen LogP contribution in [0.25, 0.3) is 5.82 Å². The highest BCUT2D eigenvalue weighted by atomic mass is 16.6. The minimum absolute atomic E-state index is 0.0601. The molecule has 11 nitrogen and oxygen atoms in total. The minimum atomic E-state index is -0.478. The topological polar surface area (TPSA) is 146 Å². The highest BCUT2D eigenvalue weighted by Gasteiger charge is 2.23. The zero-order valence-corrected chi connectivity index (χ0v) is 16.4. The van der Waals surface area contributed by atoms with Crippen molar-refractivity contribution in [1.29, 1.82) is 0 Å². The Hall–Kier alpha value is -3.76. The number of hydrogen-bond donors (Lipinski definition) is 2. The second-order valence-corrected chi connectivity index (χ2v) is 6.30. The molecule has 0 spiro atoms. The number of rotatable bonds is 8. The predicted octanol–water partition coefficient (Wildman–Crippen LogP) is 1.54. The average molecular weight is 398 g/mol. The quantitative estimate of drug-likeness (QED) is 0.429. The molecule has 0 saturated carbocycles. The molecule has 152 valence electrons. The van der Waals surface area contributed by atoms with Gasteiger partial charge >= 0.3 is 0 Å².